The van der Waals surface area contributed by atoms with Crippen LogP contribution in [0.1, 0.15) is 11.6 Å². The molecule has 5 nitrogen and oxygen atoms in total. The average molecular weight is 271 g/mol. The lowest BCUT2D eigenvalue weighted by atomic mass is 10.0. The molecule has 0 bridgehead atoms. The Balaban J connectivity index is 2.27. The molecule has 1 atom stereocenters. The highest BCUT2D eigenvalue weighted by Gasteiger charge is 2.30. The molecule has 0 saturated carbocycles. The van der Waals surface area contributed by atoms with E-state index in [0.29, 0.717) is 31.7 Å². The van der Waals surface area contributed by atoms with Gasteiger partial charge >= 0.3 is 0 Å². The number of nitrogens with zero attached hydrogens (tertiary/aromatic N) is 2. The lowest BCUT2D eigenvalue weighted by Crippen LogP contribution is -2.46. The molecular formula is C12H15F2N3O2. The van der Waals surface area contributed by atoms with E-state index in [-0.39, 0.29) is 5.69 Å². The molecule has 0 aliphatic carbocycles. The van der Waals surface area contributed by atoms with Crippen LogP contribution in [0.25, 0.3) is 0 Å². The van der Waals surface area contributed by atoms with Crippen molar-refractivity contribution in [3.63, 3.8) is 0 Å². The van der Waals surface area contributed by atoms with Gasteiger partial charge in [-0.2, -0.15) is 0 Å². The van der Waals surface area contributed by atoms with Crippen LogP contribution in [0.4, 0.5) is 14.5 Å². The van der Waals surface area contributed by atoms with E-state index in [1.54, 1.807) is 4.90 Å². The molecule has 1 fully saturated rings. The third-order valence-electron chi connectivity index (χ3n) is 3.21. The van der Waals surface area contributed by atoms with Gasteiger partial charge < -0.3 is 5.32 Å². The minimum Gasteiger partial charge on any atom is -0.314 e. The molecule has 0 unspecified atom stereocenters. The first-order valence-electron chi connectivity index (χ1n) is 6.07. The maximum absolute atomic E-state index is 13.3. The molecule has 0 amide bonds. The minimum atomic E-state index is -2.57. The Hall–Kier alpha value is -1.60. The number of halogens is 2. The largest absolute Gasteiger partial charge is 0.314 e. The molecule has 104 valence electrons. The predicted octanol–water partition coefficient (Wildman–Crippen LogP) is 1.81. The predicted molar refractivity (Wildman–Crippen MR) is 66.3 cm³/mol. The van der Waals surface area contributed by atoms with Gasteiger partial charge in [0.2, 0.25) is 0 Å². The summed E-state index contributed by atoms with van der Waals surface area (Å²) >= 11 is 0. The van der Waals surface area contributed by atoms with Crippen molar-refractivity contribution in [3.05, 3.63) is 39.9 Å². The zero-order chi connectivity index (χ0) is 13.8. The monoisotopic (exact) mass is 271 g/mol. The fraction of sp³-hybridized carbons (Fsp3) is 0.500. The van der Waals surface area contributed by atoms with Crippen LogP contribution in [-0.2, 0) is 0 Å². The first-order valence-corrected chi connectivity index (χ1v) is 6.07. The summed E-state index contributed by atoms with van der Waals surface area (Å²) in [6.45, 7) is 2.33. The van der Waals surface area contributed by atoms with Crippen molar-refractivity contribution >= 4 is 5.69 Å². The molecule has 0 radical (unpaired) electrons. The van der Waals surface area contributed by atoms with Crippen LogP contribution in [-0.4, -0.2) is 42.4 Å². The molecule has 0 spiro atoms. The van der Waals surface area contributed by atoms with Gasteiger partial charge in [0.25, 0.3) is 12.1 Å². The quantitative estimate of drug-likeness (QED) is 0.670. The number of non-ortho nitro benzene ring substituents is 1. The van der Waals surface area contributed by atoms with Gasteiger partial charge in [-0.3, -0.25) is 15.0 Å². The van der Waals surface area contributed by atoms with Gasteiger partial charge in [0, 0.05) is 38.3 Å². The van der Waals surface area contributed by atoms with Gasteiger partial charge in [-0.1, -0.05) is 12.1 Å². The van der Waals surface area contributed by atoms with Crippen molar-refractivity contribution in [2.24, 2.45) is 0 Å². The van der Waals surface area contributed by atoms with E-state index in [4.69, 9.17) is 0 Å². The van der Waals surface area contributed by atoms with Gasteiger partial charge in [-0.15, -0.1) is 0 Å². The van der Waals surface area contributed by atoms with E-state index in [0.717, 1.165) is 0 Å². The SMILES string of the molecule is O=[N+]([O-])c1cccc([C@@H](C(F)F)N2CCNCC2)c1. The molecule has 1 aliphatic rings. The van der Waals surface area contributed by atoms with Gasteiger partial charge in [-0.25, -0.2) is 8.78 Å². The summed E-state index contributed by atoms with van der Waals surface area (Å²) in [4.78, 5) is 11.8. The molecule has 1 heterocycles. The van der Waals surface area contributed by atoms with Crippen LogP contribution in [0.2, 0.25) is 0 Å². The second-order valence-electron chi connectivity index (χ2n) is 4.42. The highest BCUT2D eigenvalue weighted by atomic mass is 19.3. The summed E-state index contributed by atoms with van der Waals surface area (Å²) in [7, 11) is 0. The van der Waals surface area contributed by atoms with Gasteiger partial charge in [0.1, 0.15) is 0 Å². The number of hydrogen-bond donors (Lipinski definition) is 1. The number of rotatable bonds is 4. The second kappa shape index (κ2) is 6.03. The Bertz CT molecular complexity index is 450. The number of hydrogen-bond acceptors (Lipinski definition) is 4. The molecule has 1 aliphatic heterocycles. The molecule has 1 N–H and O–H groups in total. The van der Waals surface area contributed by atoms with E-state index in [2.05, 4.69) is 5.32 Å². The second-order valence-corrected chi connectivity index (χ2v) is 4.42. The number of piperazine rings is 1. The molecule has 19 heavy (non-hydrogen) atoms. The van der Waals surface area contributed by atoms with Crippen LogP contribution in [0.3, 0.4) is 0 Å². The van der Waals surface area contributed by atoms with Crippen LogP contribution in [0.5, 0.6) is 0 Å². The Kier molecular flexibility index (Phi) is 4.39. The average Bonchev–Trinajstić information content (AvgIpc) is 2.40. The standard InChI is InChI=1S/C12H15F2N3O2/c13-12(14)11(16-6-4-15-5-7-16)9-2-1-3-10(8-9)17(18)19/h1-3,8,11-12,15H,4-7H2/t11-/m0/s1. The van der Waals surface area contributed by atoms with E-state index in [1.165, 1.54) is 24.3 Å². The highest BCUT2D eigenvalue weighted by molar-refractivity contribution is 5.36. The zero-order valence-corrected chi connectivity index (χ0v) is 10.3. The topological polar surface area (TPSA) is 58.4 Å². The summed E-state index contributed by atoms with van der Waals surface area (Å²) in [6, 6.07) is 4.43. The normalized spacial score (nSPS) is 18.5. The fourth-order valence-corrected chi connectivity index (χ4v) is 2.30. The molecule has 1 aromatic carbocycles. The van der Waals surface area contributed by atoms with E-state index < -0.39 is 17.4 Å². The maximum Gasteiger partial charge on any atom is 0.269 e. The number of alkyl halides is 2. The molecule has 1 saturated heterocycles. The highest BCUT2D eigenvalue weighted by Crippen LogP contribution is 2.29. The number of nitro benzene ring substituents is 1. The Morgan fingerprint density at radius 1 is 1.32 bits per heavy atom. The van der Waals surface area contributed by atoms with Crippen LogP contribution < -0.4 is 5.32 Å². The smallest absolute Gasteiger partial charge is 0.269 e. The van der Waals surface area contributed by atoms with Crippen molar-refractivity contribution in [1.82, 2.24) is 10.2 Å². The summed E-state index contributed by atoms with van der Waals surface area (Å²) in [5, 5.41) is 13.8. The summed E-state index contributed by atoms with van der Waals surface area (Å²) in [5.41, 5.74) is 0.143. The minimum absolute atomic E-state index is 0.154. The third kappa shape index (κ3) is 3.24. The van der Waals surface area contributed by atoms with Crippen molar-refractivity contribution in [2.75, 3.05) is 26.2 Å². The van der Waals surface area contributed by atoms with Crippen molar-refractivity contribution < 1.29 is 13.7 Å². The molecule has 1 aromatic rings. The summed E-state index contributed by atoms with van der Waals surface area (Å²) in [5.74, 6) is 0. The lowest BCUT2D eigenvalue weighted by Gasteiger charge is -2.34. The van der Waals surface area contributed by atoms with Gasteiger partial charge in [0.05, 0.1) is 11.0 Å². The fourth-order valence-electron chi connectivity index (χ4n) is 2.30. The molecular weight excluding hydrogens is 256 g/mol. The van der Waals surface area contributed by atoms with Gasteiger partial charge in [-0.05, 0) is 5.56 Å². The van der Waals surface area contributed by atoms with Crippen LogP contribution in [0, 0.1) is 10.1 Å². The first-order chi connectivity index (χ1) is 9.09. The Labute approximate surface area is 109 Å². The number of nitrogens with one attached hydrogen (secondary N) is 1. The van der Waals surface area contributed by atoms with Crippen LogP contribution in [0.15, 0.2) is 24.3 Å². The zero-order valence-electron chi connectivity index (χ0n) is 10.3. The van der Waals surface area contributed by atoms with E-state index in [1.807, 2.05) is 0 Å². The molecule has 2 rings (SSSR count). The summed E-state index contributed by atoms with van der Waals surface area (Å²) in [6.07, 6.45) is -2.57. The first kappa shape index (κ1) is 13.8. The van der Waals surface area contributed by atoms with E-state index in [9.17, 15) is 18.9 Å². The van der Waals surface area contributed by atoms with E-state index >= 15 is 0 Å². The molecule has 0 aromatic heterocycles. The Morgan fingerprint density at radius 2 is 2.00 bits per heavy atom. The van der Waals surface area contributed by atoms with Crippen molar-refractivity contribution in [1.29, 1.82) is 0 Å². The molecule has 7 heteroatoms. The van der Waals surface area contributed by atoms with Crippen LogP contribution >= 0.6 is 0 Å². The number of nitro groups is 1. The Morgan fingerprint density at radius 3 is 2.58 bits per heavy atom. The van der Waals surface area contributed by atoms with Crippen molar-refractivity contribution in [3.8, 4) is 0 Å². The maximum atomic E-state index is 13.3. The number of benzene rings is 1. The lowest BCUT2D eigenvalue weighted by molar-refractivity contribution is -0.385. The van der Waals surface area contributed by atoms with Crippen molar-refractivity contribution in [2.45, 2.75) is 12.5 Å². The summed E-state index contributed by atoms with van der Waals surface area (Å²) < 4.78 is 26.5. The third-order valence-corrected chi connectivity index (χ3v) is 3.21. The van der Waals surface area contributed by atoms with Gasteiger partial charge in [0.15, 0.2) is 0 Å².